The number of aromatic nitrogens is 2. The van der Waals surface area contributed by atoms with Crippen molar-refractivity contribution in [2.75, 3.05) is 23.7 Å². The first-order valence-electron chi connectivity index (χ1n) is 12.7. The van der Waals surface area contributed by atoms with Gasteiger partial charge in [0.15, 0.2) is 0 Å². The van der Waals surface area contributed by atoms with Crippen LogP contribution in [0.5, 0.6) is 0 Å². The minimum Gasteiger partial charge on any atom is -0.355 e. The van der Waals surface area contributed by atoms with Gasteiger partial charge in [-0.25, -0.2) is 4.68 Å². The van der Waals surface area contributed by atoms with E-state index >= 15 is 0 Å². The van der Waals surface area contributed by atoms with Crippen molar-refractivity contribution < 1.29 is 9.59 Å². The summed E-state index contributed by atoms with van der Waals surface area (Å²) in [6.07, 6.45) is 0.811. The SMILES string of the molecule is CCCNC(=O)CN1C(=O)CS[C@@H](c2ccccc2C)c2c(-c3ccccc3)nn(-c3ccccc3Cl)c21. The molecule has 6 nitrogen and oxygen atoms in total. The topological polar surface area (TPSA) is 67.2 Å². The molecule has 0 saturated carbocycles. The van der Waals surface area contributed by atoms with E-state index in [4.69, 9.17) is 16.7 Å². The average Bonchev–Trinajstić information content (AvgIpc) is 3.25. The molecular formula is C30H29ClN4O2S. The standard InChI is InChI=1S/C30H29ClN4O2S/c1-3-17-32-25(36)18-34-26(37)19-38-29(22-14-8-7-11-20(22)2)27-28(21-12-5-4-6-13-21)33-35(30(27)34)24-16-10-9-15-23(24)31/h4-16,29H,3,17-19H2,1-2H3,(H,32,36)/t29-/m0/s1. The number of aryl methyl sites for hydroxylation is 1. The number of benzene rings is 3. The Balaban J connectivity index is 1.81. The highest BCUT2D eigenvalue weighted by atomic mass is 35.5. The zero-order chi connectivity index (χ0) is 26.6. The molecule has 2 amide bonds. The van der Waals surface area contributed by atoms with E-state index in [2.05, 4.69) is 24.4 Å². The summed E-state index contributed by atoms with van der Waals surface area (Å²) >= 11 is 8.25. The van der Waals surface area contributed by atoms with Gasteiger partial charge in [-0.1, -0.05) is 85.3 Å². The Hall–Kier alpha value is -3.55. The van der Waals surface area contributed by atoms with Gasteiger partial charge in [-0.15, -0.1) is 11.8 Å². The molecule has 0 saturated heterocycles. The van der Waals surface area contributed by atoms with Gasteiger partial charge < -0.3 is 5.32 Å². The molecule has 0 spiro atoms. The predicted molar refractivity (Wildman–Crippen MR) is 155 cm³/mol. The number of hydrogen-bond acceptors (Lipinski definition) is 4. The maximum absolute atomic E-state index is 13.7. The summed E-state index contributed by atoms with van der Waals surface area (Å²) in [5.41, 5.74) is 5.47. The Morgan fingerprint density at radius 2 is 1.76 bits per heavy atom. The lowest BCUT2D eigenvalue weighted by atomic mass is 9.97. The molecule has 1 aromatic heterocycles. The molecule has 0 unspecified atom stereocenters. The van der Waals surface area contributed by atoms with E-state index < -0.39 is 0 Å². The number of amides is 2. The van der Waals surface area contributed by atoms with Crippen LogP contribution in [0.15, 0.2) is 78.9 Å². The van der Waals surface area contributed by atoms with Gasteiger partial charge in [-0.2, -0.15) is 5.10 Å². The van der Waals surface area contributed by atoms with Crippen LogP contribution in [-0.2, 0) is 9.59 Å². The Morgan fingerprint density at radius 3 is 2.50 bits per heavy atom. The molecule has 2 heterocycles. The summed E-state index contributed by atoms with van der Waals surface area (Å²) < 4.78 is 1.74. The quantitative estimate of drug-likeness (QED) is 0.301. The van der Waals surface area contributed by atoms with Gasteiger partial charge in [-0.3, -0.25) is 14.5 Å². The van der Waals surface area contributed by atoms with Crippen molar-refractivity contribution in [1.29, 1.82) is 0 Å². The first-order valence-corrected chi connectivity index (χ1v) is 14.1. The Labute approximate surface area is 232 Å². The number of fused-ring (bicyclic) bond motifs is 1. The fourth-order valence-corrected chi connectivity index (χ4v) is 6.22. The van der Waals surface area contributed by atoms with Crippen molar-refractivity contribution in [1.82, 2.24) is 15.1 Å². The lowest BCUT2D eigenvalue weighted by Gasteiger charge is -2.23. The number of nitrogens with one attached hydrogen (secondary N) is 1. The van der Waals surface area contributed by atoms with Crippen LogP contribution in [0.1, 0.15) is 35.3 Å². The lowest BCUT2D eigenvalue weighted by molar-refractivity contribution is -0.122. The molecule has 0 aliphatic carbocycles. The molecule has 38 heavy (non-hydrogen) atoms. The molecule has 4 aromatic rings. The maximum atomic E-state index is 13.7. The molecular weight excluding hydrogens is 516 g/mol. The maximum Gasteiger partial charge on any atom is 0.240 e. The Kier molecular flexibility index (Phi) is 7.86. The van der Waals surface area contributed by atoms with Gasteiger partial charge in [0, 0.05) is 17.7 Å². The molecule has 3 aromatic carbocycles. The van der Waals surface area contributed by atoms with Gasteiger partial charge in [0.2, 0.25) is 11.8 Å². The third-order valence-electron chi connectivity index (χ3n) is 6.56. The molecule has 1 aliphatic heterocycles. The molecule has 0 bridgehead atoms. The lowest BCUT2D eigenvalue weighted by Crippen LogP contribution is -2.42. The summed E-state index contributed by atoms with van der Waals surface area (Å²) in [6, 6.07) is 25.6. The minimum atomic E-state index is -0.210. The van der Waals surface area contributed by atoms with Crippen LogP contribution in [0.25, 0.3) is 16.9 Å². The van der Waals surface area contributed by atoms with Gasteiger partial charge in [-0.05, 0) is 36.6 Å². The number of anilines is 1. The largest absolute Gasteiger partial charge is 0.355 e. The van der Waals surface area contributed by atoms with Crippen LogP contribution >= 0.6 is 23.4 Å². The summed E-state index contributed by atoms with van der Waals surface area (Å²) in [6.45, 7) is 4.53. The number of carbonyl (C=O) groups is 2. The first kappa shape index (κ1) is 26.1. The van der Waals surface area contributed by atoms with E-state index in [9.17, 15) is 9.59 Å². The second kappa shape index (κ2) is 11.5. The second-order valence-electron chi connectivity index (χ2n) is 9.19. The average molecular weight is 545 g/mol. The van der Waals surface area contributed by atoms with Crippen molar-refractivity contribution in [3.8, 4) is 16.9 Å². The molecule has 5 rings (SSSR count). The highest BCUT2D eigenvalue weighted by Crippen LogP contribution is 2.49. The summed E-state index contributed by atoms with van der Waals surface area (Å²) in [4.78, 5) is 28.3. The van der Waals surface area contributed by atoms with Crippen LogP contribution in [0.4, 0.5) is 5.82 Å². The fourth-order valence-electron chi connectivity index (χ4n) is 4.71. The van der Waals surface area contributed by atoms with Crippen LogP contribution in [0.2, 0.25) is 5.02 Å². The number of hydrogen-bond donors (Lipinski definition) is 1. The second-order valence-corrected chi connectivity index (χ2v) is 10.7. The van der Waals surface area contributed by atoms with E-state index in [1.807, 2.05) is 67.6 Å². The Morgan fingerprint density at radius 1 is 1.05 bits per heavy atom. The molecule has 0 radical (unpaired) electrons. The van der Waals surface area contributed by atoms with E-state index in [0.29, 0.717) is 23.1 Å². The van der Waals surface area contributed by atoms with E-state index in [-0.39, 0.29) is 29.4 Å². The molecule has 1 N–H and O–H groups in total. The number of carbonyl (C=O) groups excluding carboxylic acids is 2. The minimum absolute atomic E-state index is 0.0999. The van der Waals surface area contributed by atoms with Gasteiger partial charge in [0.05, 0.1) is 27.4 Å². The summed E-state index contributed by atoms with van der Waals surface area (Å²) in [7, 11) is 0. The number of halogens is 1. The van der Waals surface area contributed by atoms with Gasteiger partial charge >= 0.3 is 0 Å². The summed E-state index contributed by atoms with van der Waals surface area (Å²) in [5, 5.41) is 8.33. The molecule has 8 heteroatoms. The molecule has 1 atom stereocenters. The highest BCUT2D eigenvalue weighted by Gasteiger charge is 2.38. The van der Waals surface area contributed by atoms with Crippen molar-refractivity contribution in [3.63, 3.8) is 0 Å². The Bertz CT molecular complexity index is 1470. The van der Waals surface area contributed by atoms with Crippen molar-refractivity contribution in [3.05, 3.63) is 101 Å². The van der Waals surface area contributed by atoms with Crippen molar-refractivity contribution in [2.24, 2.45) is 0 Å². The molecule has 1 aliphatic rings. The third-order valence-corrected chi connectivity index (χ3v) is 8.12. The highest BCUT2D eigenvalue weighted by molar-refractivity contribution is 8.00. The van der Waals surface area contributed by atoms with E-state index in [1.54, 1.807) is 27.4 Å². The zero-order valence-electron chi connectivity index (χ0n) is 21.4. The predicted octanol–water partition coefficient (Wildman–Crippen LogP) is 6.20. The zero-order valence-corrected chi connectivity index (χ0v) is 22.9. The number of para-hydroxylation sites is 1. The number of thioether (sulfide) groups is 1. The number of rotatable bonds is 7. The smallest absolute Gasteiger partial charge is 0.240 e. The van der Waals surface area contributed by atoms with Crippen molar-refractivity contribution in [2.45, 2.75) is 25.5 Å². The monoisotopic (exact) mass is 544 g/mol. The van der Waals surface area contributed by atoms with E-state index in [1.165, 1.54) is 0 Å². The van der Waals surface area contributed by atoms with Crippen LogP contribution in [-0.4, -0.2) is 40.4 Å². The summed E-state index contributed by atoms with van der Waals surface area (Å²) in [5.74, 6) is 0.447. The van der Waals surface area contributed by atoms with Gasteiger partial charge in [0.25, 0.3) is 0 Å². The fraction of sp³-hybridized carbons (Fsp3) is 0.233. The number of nitrogens with zero attached hydrogens (tertiary/aromatic N) is 3. The molecule has 0 fully saturated rings. The van der Waals surface area contributed by atoms with Crippen LogP contribution < -0.4 is 10.2 Å². The third kappa shape index (κ3) is 5.08. The normalized spacial score (nSPS) is 15.2. The molecule has 194 valence electrons. The van der Waals surface area contributed by atoms with E-state index in [0.717, 1.165) is 34.4 Å². The van der Waals surface area contributed by atoms with Crippen molar-refractivity contribution >= 4 is 41.0 Å². The van der Waals surface area contributed by atoms with Crippen LogP contribution in [0, 0.1) is 6.92 Å². The van der Waals surface area contributed by atoms with Crippen LogP contribution in [0.3, 0.4) is 0 Å². The van der Waals surface area contributed by atoms with Gasteiger partial charge in [0.1, 0.15) is 12.4 Å². The first-order chi connectivity index (χ1) is 18.5.